The molecule has 0 aliphatic carbocycles. The molecule has 0 unspecified atom stereocenters. The fourth-order valence-electron chi connectivity index (χ4n) is 2.77. The minimum absolute atomic E-state index is 0.406. The van der Waals surface area contributed by atoms with Crippen LogP contribution in [0.3, 0.4) is 0 Å². The summed E-state index contributed by atoms with van der Waals surface area (Å²) in [5.41, 5.74) is 2.18. The van der Waals surface area contributed by atoms with Crippen LogP contribution >= 0.6 is 11.6 Å². The highest BCUT2D eigenvalue weighted by Crippen LogP contribution is 2.34. The van der Waals surface area contributed by atoms with Gasteiger partial charge in [0.05, 0.1) is 11.6 Å². The van der Waals surface area contributed by atoms with Gasteiger partial charge >= 0.3 is 0 Å². The topological polar surface area (TPSA) is 70.8 Å². The van der Waals surface area contributed by atoms with Crippen molar-refractivity contribution in [3.8, 4) is 17.7 Å². The maximum atomic E-state index is 8.90. The van der Waals surface area contributed by atoms with E-state index in [9.17, 15) is 0 Å². The van der Waals surface area contributed by atoms with Gasteiger partial charge in [0.15, 0.2) is 0 Å². The molecule has 4 aromatic rings. The number of halogens is 1. The van der Waals surface area contributed by atoms with Crippen molar-refractivity contribution in [2.24, 2.45) is 0 Å². The molecule has 0 fully saturated rings. The number of nitrogens with one attached hydrogen (secondary N) is 1. The van der Waals surface area contributed by atoms with Crippen LogP contribution in [-0.2, 0) is 0 Å². The van der Waals surface area contributed by atoms with E-state index in [0.29, 0.717) is 28.2 Å². The van der Waals surface area contributed by atoms with E-state index in [-0.39, 0.29) is 0 Å². The molecule has 0 atom stereocenters. The third kappa shape index (κ3) is 3.59. The summed E-state index contributed by atoms with van der Waals surface area (Å²) in [7, 11) is 0. The molecule has 0 spiro atoms. The molecule has 0 aliphatic rings. The number of nitrogens with zero attached hydrogens (tertiary/aromatic N) is 3. The van der Waals surface area contributed by atoms with Gasteiger partial charge in [-0.05, 0) is 43.3 Å². The standard InChI is InChI=1S/C22H15ClN4O/c1-14-13-25-22(26-16-8-6-15(12-24)7-9-16)27-21(14)28-20-11-10-19(23)17-4-2-3-5-18(17)20/h2-11,13H,1H3,(H,25,26,27). The first-order valence-electron chi connectivity index (χ1n) is 8.60. The fraction of sp³-hybridized carbons (Fsp3) is 0.0455. The maximum Gasteiger partial charge on any atom is 0.230 e. The van der Waals surface area contributed by atoms with Crippen LogP contribution in [0, 0.1) is 18.3 Å². The van der Waals surface area contributed by atoms with Crippen LogP contribution in [0.15, 0.2) is 66.9 Å². The summed E-state index contributed by atoms with van der Waals surface area (Å²) < 4.78 is 6.10. The molecule has 0 amide bonds. The van der Waals surface area contributed by atoms with Crippen molar-refractivity contribution in [2.45, 2.75) is 6.92 Å². The first-order valence-corrected chi connectivity index (χ1v) is 8.98. The average molecular weight is 387 g/mol. The number of anilines is 2. The van der Waals surface area contributed by atoms with Crippen LogP contribution in [0.2, 0.25) is 5.02 Å². The zero-order valence-electron chi connectivity index (χ0n) is 15.0. The maximum absolute atomic E-state index is 8.90. The molecule has 4 rings (SSSR count). The Hall–Kier alpha value is -3.62. The fourth-order valence-corrected chi connectivity index (χ4v) is 3.00. The van der Waals surface area contributed by atoms with Crippen molar-refractivity contribution in [3.05, 3.63) is 83.0 Å². The predicted octanol–water partition coefficient (Wildman–Crippen LogP) is 6.00. The summed E-state index contributed by atoms with van der Waals surface area (Å²) in [6.45, 7) is 1.89. The van der Waals surface area contributed by atoms with Crippen LogP contribution in [0.5, 0.6) is 11.6 Å². The number of benzene rings is 3. The Bertz CT molecular complexity index is 1200. The molecule has 5 nitrogen and oxygen atoms in total. The number of fused-ring (bicyclic) bond motifs is 1. The summed E-state index contributed by atoms with van der Waals surface area (Å²) >= 11 is 6.29. The number of hydrogen-bond donors (Lipinski definition) is 1. The minimum Gasteiger partial charge on any atom is -0.438 e. The van der Waals surface area contributed by atoms with E-state index >= 15 is 0 Å². The Labute approximate surface area is 167 Å². The van der Waals surface area contributed by atoms with E-state index in [2.05, 4.69) is 21.4 Å². The van der Waals surface area contributed by atoms with Crippen LogP contribution in [0.25, 0.3) is 10.8 Å². The lowest BCUT2D eigenvalue weighted by Crippen LogP contribution is -2.00. The molecule has 1 N–H and O–H groups in total. The van der Waals surface area contributed by atoms with Crippen molar-refractivity contribution in [2.75, 3.05) is 5.32 Å². The van der Waals surface area contributed by atoms with Crippen molar-refractivity contribution in [1.82, 2.24) is 9.97 Å². The summed E-state index contributed by atoms with van der Waals surface area (Å²) in [5, 5.41) is 14.5. The first kappa shape index (κ1) is 17.8. The molecule has 1 heterocycles. The lowest BCUT2D eigenvalue weighted by molar-refractivity contribution is 0.463. The van der Waals surface area contributed by atoms with Crippen molar-refractivity contribution >= 4 is 34.0 Å². The highest BCUT2D eigenvalue weighted by molar-refractivity contribution is 6.35. The molecule has 6 heteroatoms. The molecular formula is C22H15ClN4O. The molecule has 3 aromatic carbocycles. The second kappa shape index (κ2) is 7.55. The second-order valence-corrected chi connectivity index (χ2v) is 6.60. The monoisotopic (exact) mass is 386 g/mol. The van der Waals surface area contributed by atoms with E-state index in [1.54, 1.807) is 30.5 Å². The molecule has 0 bridgehead atoms. The van der Waals surface area contributed by atoms with E-state index in [1.165, 1.54) is 0 Å². The van der Waals surface area contributed by atoms with Crippen LogP contribution in [0.4, 0.5) is 11.6 Å². The normalized spacial score (nSPS) is 10.5. The Kier molecular flexibility index (Phi) is 4.79. The van der Waals surface area contributed by atoms with Gasteiger partial charge in [-0.2, -0.15) is 10.2 Å². The number of hydrogen-bond acceptors (Lipinski definition) is 5. The van der Waals surface area contributed by atoms with E-state index in [4.69, 9.17) is 21.6 Å². The Morgan fingerprint density at radius 1 is 1.00 bits per heavy atom. The highest BCUT2D eigenvalue weighted by atomic mass is 35.5. The summed E-state index contributed by atoms with van der Waals surface area (Å²) in [4.78, 5) is 8.80. The van der Waals surface area contributed by atoms with E-state index < -0.39 is 0 Å². The van der Waals surface area contributed by atoms with Gasteiger partial charge < -0.3 is 10.1 Å². The smallest absolute Gasteiger partial charge is 0.230 e. The van der Waals surface area contributed by atoms with E-state index in [0.717, 1.165) is 22.0 Å². The molecule has 0 radical (unpaired) electrons. The molecule has 28 heavy (non-hydrogen) atoms. The summed E-state index contributed by atoms with van der Waals surface area (Å²) in [6, 6.07) is 20.6. The van der Waals surface area contributed by atoms with E-state index in [1.807, 2.05) is 43.3 Å². The van der Waals surface area contributed by atoms with Crippen LogP contribution in [-0.4, -0.2) is 9.97 Å². The SMILES string of the molecule is Cc1cnc(Nc2ccc(C#N)cc2)nc1Oc1ccc(Cl)c2ccccc12. The van der Waals surface area contributed by atoms with Gasteiger partial charge in [-0.25, -0.2) is 4.98 Å². The quantitative estimate of drug-likeness (QED) is 0.465. The zero-order valence-corrected chi connectivity index (χ0v) is 15.7. The number of ether oxygens (including phenoxy) is 1. The average Bonchev–Trinajstić information content (AvgIpc) is 2.73. The molecule has 0 aliphatic heterocycles. The molecule has 0 saturated heterocycles. The number of aromatic nitrogens is 2. The van der Waals surface area contributed by atoms with Crippen molar-refractivity contribution in [3.63, 3.8) is 0 Å². The minimum atomic E-state index is 0.406. The third-order valence-corrected chi connectivity index (χ3v) is 4.56. The van der Waals surface area contributed by atoms with Gasteiger partial charge in [-0.1, -0.05) is 35.9 Å². The van der Waals surface area contributed by atoms with Gasteiger partial charge in [0, 0.05) is 33.2 Å². The van der Waals surface area contributed by atoms with Crippen molar-refractivity contribution in [1.29, 1.82) is 5.26 Å². The first-order chi connectivity index (χ1) is 13.6. The van der Waals surface area contributed by atoms with Gasteiger partial charge in [-0.3, -0.25) is 0 Å². The zero-order chi connectivity index (χ0) is 19.5. The second-order valence-electron chi connectivity index (χ2n) is 6.19. The number of rotatable bonds is 4. The molecule has 136 valence electrons. The lowest BCUT2D eigenvalue weighted by Gasteiger charge is -2.12. The summed E-state index contributed by atoms with van der Waals surface area (Å²) in [6.07, 6.45) is 1.70. The van der Waals surface area contributed by atoms with Gasteiger partial charge in [0.1, 0.15) is 5.75 Å². The largest absolute Gasteiger partial charge is 0.438 e. The van der Waals surface area contributed by atoms with Crippen molar-refractivity contribution < 1.29 is 4.74 Å². The highest BCUT2D eigenvalue weighted by Gasteiger charge is 2.11. The lowest BCUT2D eigenvalue weighted by atomic mass is 10.1. The molecular weight excluding hydrogens is 372 g/mol. The number of nitriles is 1. The van der Waals surface area contributed by atoms with Gasteiger partial charge in [0.25, 0.3) is 0 Å². The van der Waals surface area contributed by atoms with Crippen LogP contribution < -0.4 is 10.1 Å². The Morgan fingerprint density at radius 3 is 2.50 bits per heavy atom. The third-order valence-electron chi connectivity index (χ3n) is 4.23. The summed E-state index contributed by atoms with van der Waals surface area (Å²) in [5.74, 6) is 1.54. The molecule has 0 saturated carbocycles. The Morgan fingerprint density at radius 2 is 1.75 bits per heavy atom. The van der Waals surface area contributed by atoms with Gasteiger partial charge in [0.2, 0.25) is 11.8 Å². The Balaban J connectivity index is 1.65. The van der Waals surface area contributed by atoms with Gasteiger partial charge in [-0.15, -0.1) is 0 Å². The van der Waals surface area contributed by atoms with Crippen LogP contribution in [0.1, 0.15) is 11.1 Å². The molecule has 1 aromatic heterocycles. The predicted molar refractivity (Wildman–Crippen MR) is 110 cm³/mol. The number of aryl methyl sites for hydroxylation is 1.